The van der Waals surface area contributed by atoms with Crippen molar-refractivity contribution in [2.75, 3.05) is 37.9 Å². The molecule has 51 heavy (non-hydrogen) atoms. The molecule has 1 rings (SSSR count). The minimum absolute atomic E-state index is 0.0118. The molecule has 1 amide bonds. The molecule has 0 aliphatic heterocycles. The Balaban J connectivity index is 4.01. The van der Waals surface area contributed by atoms with E-state index in [0.29, 0.717) is 6.42 Å². The smallest absolute Gasteiger partial charge is 0.408 e. The van der Waals surface area contributed by atoms with Crippen LogP contribution in [-0.2, 0) is 34.5 Å². The van der Waals surface area contributed by atoms with Crippen molar-refractivity contribution in [1.29, 1.82) is 0 Å². The number of nitrogens with one attached hydrogen (secondary N) is 1. The third-order valence-corrected chi connectivity index (χ3v) is 7.24. The molecule has 0 saturated heterocycles. The molecule has 286 valence electrons. The molecule has 0 spiro atoms. The third-order valence-electron chi connectivity index (χ3n) is 5.63. The van der Waals surface area contributed by atoms with Gasteiger partial charge in [0.2, 0.25) is 0 Å². The van der Waals surface area contributed by atoms with E-state index in [9.17, 15) is 45.4 Å². The fourth-order valence-electron chi connectivity index (χ4n) is 3.85. The SMILES string of the molecule is CCCOc1c(C#CCCC(=O)OC(C)(C)C)c(OCCCS(=O)(=O)O)c(C#CCNC(=O)OC(C)(C)C)c(OCCCS(=O)(=O)O)c1C(=O)O. The van der Waals surface area contributed by atoms with Gasteiger partial charge >= 0.3 is 18.0 Å². The van der Waals surface area contributed by atoms with Crippen molar-refractivity contribution in [3.8, 4) is 40.9 Å². The van der Waals surface area contributed by atoms with E-state index in [2.05, 4.69) is 29.0 Å². The zero-order chi connectivity index (χ0) is 39.0. The molecule has 0 heterocycles. The number of rotatable bonds is 17. The molecule has 0 radical (unpaired) electrons. The first-order valence-corrected chi connectivity index (χ1v) is 19.1. The highest BCUT2D eigenvalue weighted by Crippen LogP contribution is 2.44. The number of carbonyl (C=O) groups is 3. The Hall–Kier alpha value is -4.23. The molecule has 1 aromatic rings. The van der Waals surface area contributed by atoms with Crippen molar-refractivity contribution in [3.05, 3.63) is 16.7 Å². The van der Waals surface area contributed by atoms with Crippen LogP contribution in [0.15, 0.2) is 0 Å². The van der Waals surface area contributed by atoms with E-state index in [1.54, 1.807) is 48.5 Å². The summed E-state index contributed by atoms with van der Waals surface area (Å²) in [5.74, 6) is 6.45. The summed E-state index contributed by atoms with van der Waals surface area (Å²) in [5, 5.41) is 12.8. The van der Waals surface area contributed by atoms with Crippen molar-refractivity contribution >= 4 is 38.3 Å². The predicted octanol–water partition coefficient (Wildman–Crippen LogP) is 3.84. The second-order valence-corrected chi connectivity index (χ2v) is 15.9. The highest BCUT2D eigenvalue weighted by Gasteiger charge is 2.31. The van der Waals surface area contributed by atoms with Gasteiger partial charge in [0.05, 0.1) is 44.3 Å². The summed E-state index contributed by atoms with van der Waals surface area (Å²) in [6, 6.07) is 0. The Bertz CT molecular complexity index is 1730. The second kappa shape index (κ2) is 20.0. The number of carbonyl (C=O) groups excluding carboxylic acids is 2. The minimum atomic E-state index is -4.39. The van der Waals surface area contributed by atoms with Crippen LogP contribution in [0.3, 0.4) is 0 Å². The number of hydrogen-bond donors (Lipinski definition) is 4. The number of carboxylic acid groups (broad SMARTS) is 1. The van der Waals surface area contributed by atoms with Crippen LogP contribution in [0, 0.1) is 23.7 Å². The number of aromatic carboxylic acids is 1. The highest BCUT2D eigenvalue weighted by molar-refractivity contribution is 7.86. The van der Waals surface area contributed by atoms with Gasteiger partial charge in [-0.25, -0.2) is 9.59 Å². The first-order valence-electron chi connectivity index (χ1n) is 15.9. The van der Waals surface area contributed by atoms with Crippen LogP contribution in [0.5, 0.6) is 17.2 Å². The molecule has 0 aromatic heterocycles. The van der Waals surface area contributed by atoms with Crippen LogP contribution in [0.25, 0.3) is 0 Å². The maximum absolute atomic E-state index is 12.8. The van der Waals surface area contributed by atoms with Crippen molar-refractivity contribution in [1.82, 2.24) is 5.32 Å². The lowest BCUT2D eigenvalue weighted by Gasteiger charge is -2.21. The minimum Gasteiger partial charge on any atom is -0.491 e. The zero-order valence-corrected chi connectivity index (χ0v) is 31.5. The molecule has 0 aliphatic rings. The van der Waals surface area contributed by atoms with E-state index in [0.717, 1.165) is 0 Å². The summed E-state index contributed by atoms with van der Waals surface area (Å²) in [5.41, 5.74) is -2.51. The molecule has 0 atom stereocenters. The van der Waals surface area contributed by atoms with E-state index >= 15 is 0 Å². The number of benzene rings is 1. The van der Waals surface area contributed by atoms with E-state index in [1.807, 2.05) is 0 Å². The molecular formula is C33H47NO15S2. The van der Waals surface area contributed by atoms with Crippen LogP contribution in [0.2, 0.25) is 0 Å². The van der Waals surface area contributed by atoms with E-state index < -0.39 is 78.9 Å². The van der Waals surface area contributed by atoms with E-state index in [4.69, 9.17) is 23.7 Å². The van der Waals surface area contributed by atoms with Crippen LogP contribution < -0.4 is 19.5 Å². The van der Waals surface area contributed by atoms with Crippen LogP contribution >= 0.6 is 0 Å². The lowest BCUT2D eigenvalue weighted by Crippen LogP contribution is -2.32. The Morgan fingerprint density at radius 2 is 1.20 bits per heavy atom. The lowest BCUT2D eigenvalue weighted by molar-refractivity contribution is -0.154. The Morgan fingerprint density at radius 1 is 0.725 bits per heavy atom. The lowest BCUT2D eigenvalue weighted by atomic mass is 9.99. The number of carboxylic acids is 1. The van der Waals surface area contributed by atoms with Gasteiger partial charge in [-0.1, -0.05) is 30.6 Å². The number of hydrogen-bond acceptors (Lipinski definition) is 12. The van der Waals surface area contributed by atoms with Crippen molar-refractivity contribution in [2.24, 2.45) is 0 Å². The van der Waals surface area contributed by atoms with Gasteiger partial charge in [-0.2, -0.15) is 16.8 Å². The van der Waals surface area contributed by atoms with Gasteiger partial charge in [-0.3, -0.25) is 13.9 Å². The van der Waals surface area contributed by atoms with Gasteiger partial charge in [0.25, 0.3) is 20.2 Å². The normalized spacial score (nSPS) is 11.6. The number of esters is 1. The van der Waals surface area contributed by atoms with Crippen LogP contribution in [0.1, 0.15) is 102 Å². The average molecular weight is 762 g/mol. The summed E-state index contributed by atoms with van der Waals surface area (Å²) in [6.45, 7) is 10.7. The summed E-state index contributed by atoms with van der Waals surface area (Å²) in [4.78, 5) is 37.3. The standard InChI is InChI=1S/C33H47NO15S2/c1-8-18-45-28-23(14-9-10-16-25(35)48-32(2,3)4)27(46-19-12-21-50(39,40)41)24(15-11-17-34-31(38)49-33(5,6)7)29(26(28)30(36)37)47-20-13-22-51(42,43)44/h8,10,12-13,16-22H2,1-7H3,(H,34,38)(H,36,37)(H,39,40,41)(H,42,43,44). The maximum Gasteiger partial charge on any atom is 0.408 e. The van der Waals surface area contributed by atoms with Gasteiger partial charge in [-0.05, 0) is 60.8 Å². The zero-order valence-electron chi connectivity index (χ0n) is 29.8. The first-order chi connectivity index (χ1) is 23.4. The second-order valence-electron chi connectivity index (χ2n) is 12.8. The summed E-state index contributed by atoms with van der Waals surface area (Å²) >= 11 is 0. The van der Waals surface area contributed by atoms with Crippen LogP contribution in [-0.4, -0.2) is 98.2 Å². The third kappa shape index (κ3) is 19.1. The molecule has 0 bridgehead atoms. The van der Waals surface area contributed by atoms with Gasteiger partial charge in [0.15, 0.2) is 17.2 Å². The molecule has 0 saturated carbocycles. The maximum atomic E-state index is 12.8. The topological polar surface area (TPSA) is 238 Å². The number of alkyl carbamates (subject to hydrolysis) is 1. The molecule has 0 aliphatic carbocycles. The fraction of sp³-hybridized carbons (Fsp3) is 0.606. The van der Waals surface area contributed by atoms with Crippen molar-refractivity contribution in [3.63, 3.8) is 0 Å². The van der Waals surface area contributed by atoms with Crippen LogP contribution in [0.4, 0.5) is 4.79 Å². The molecule has 16 nitrogen and oxygen atoms in total. The average Bonchev–Trinajstić information content (AvgIpc) is 2.94. The summed E-state index contributed by atoms with van der Waals surface area (Å²) in [6.07, 6.45) is -1.05. The highest BCUT2D eigenvalue weighted by atomic mass is 32.2. The van der Waals surface area contributed by atoms with Gasteiger partial charge < -0.3 is 34.1 Å². The molecule has 0 unspecified atom stereocenters. The molecule has 1 aromatic carbocycles. The predicted molar refractivity (Wildman–Crippen MR) is 185 cm³/mol. The van der Waals surface area contributed by atoms with Crippen molar-refractivity contribution in [2.45, 2.75) is 91.8 Å². The quantitative estimate of drug-likeness (QED) is 0.0764. The number of amides is 1. The molecular weight excluding hydrogens is 714 g/mol. The molecule has 0 fully saturated rings. The monoisotopic (exact) mass is 761 g/mol. The van der Waals surface area contributed by atoms with Gasteiger partial charge in [0, 0.05) is 6.42 Å². The van der Waals surface area contributed by atoms with E-state index in [-0.39, 0.29) is 68.1 Å². The van der Waals surface area contributed by atoms with Gasteiger partial charge in [-0.15, -0.1) is 0 Å². The Morgan fingerprint density at radius 3 is 1.65 bits per heavy atom. The van der Waals surface area contributed by atoms with E-state index in [1.165, 1.54) is 0 Å². The number of ether oxygens (including phenoxy) is 5. The fourth-order valence-corrected chi connectivity index (χ4v) is 4.81. The van der Waals surface area contributed by atoms with Gasteiger partial charge in [0.1, 0.15) is 27.9 Å². The van der Waals surface area contributed by atoms with Crippen molar-refractivity contribution < 1.29 is 69.1 Å². The Labute approximate surface area is 299 Å². The first kappa shape index (κ1) is 44.8. The largest absolute Gasteiger partial charge is 0.491 e. The molecule has 18 heteroatoms. The Kier molecular flexibility index (Phi) is 17.5. The summed E-state index contributed by atoms with van der Waals surface area (Å²) < 4.78 is 91.9. The molecule has 4 N–H and O–H groups in total. The summed E-state index contributed by atoms with van der Waals surface area (Å²) in [7, 11) is -8.77.